The third kappa shape index (κ3) is 5.55. The lowest BCUT2D eigenvalue weighted by atomic mass is 10.00. The summed E-state index contributed by atoms with van der Waals surface area (Å²) in [5.74, 6) is -2.17. The van der Waals surface area contributed by atoms with Crippen LogP contribution < -0.4 is 11.1 Å². The van der Waals surface area contributed by atoms with E-state index >= 15 is 0 Å². The largest absolute Gasteiger partial charge is 0.454 e. The van der Waals surface area contributed by atoms with Crippen molar-refractivity contribution in [3.05, 3.63) is 90.9 Å². The SMILES string of the molecule is Cc1ccc(-c2cc(C(F)(F)F)nc3sc(C(N)=O)c(NC(=O)c4ccc(Cn5cc(Br)c([N+](=O)[O-])n5)o4)c23)cc1. The molecule has 11 nitrogen and oxygen atoms in total. The molecule has 0 saturated carbocycles. The Morgan fingerprint density at radius 2 is 1.93 bits per heavy atom. The lowest BCUT2D eigenvalue weighted by Crippen LogP contribution is -2.16. The number of amides is 2. The molecule has 3 N–H and O–H groups in total. The van der Waals surface area contributed by atoms with E-state index < -0.39 is 34.4 Å². The number of halogens is 4. The number of carbonyl (C=O) groups is 2. The highest BCUT2D eigenvalue weighted by atomic mass is 79.9. The van der Waals surface area contributed by atoms with Crippen molar-refractivity contribution in [2.24, 2.45) is 5.73 Å². The molecule has 0 spiro atoms. The number of primary amides is 1. The van der Waals surface area contributed by atoms with Crippen molar-refractivity contribution < 1.29 is 32.1 Å². The molecule has 0 fully saturated rings. The molecule has 1 aromatic carbocycles. The quantitative estimate of drug-likeness (QED) is 0.158. The van der Waals surface area contributed by atoms with Gasteiger partial charge in [-0.15, -0.1) is 11.3 Å². The fourth-order valence-corrected chi connectivity index (χ4v) is 5.48. The third-order valence-corrected chi connectivity index (χ3v) is 7.51. The maximum absolute atomic E-state index is 13.7. The first-order valence-corrected chi connectivity index (χ1v) is 13.1. The Kier molecular flexibility index (Phi) is 7.12. The van der Waals surface area contributed by atoms with E-state index in [0.717, 1.165) is 11.6 Å². The minimum absolute atomic E-state index is 0.0463. The standard InChI is InChI=1S/C25H16BrF3N6O5S/c1-11-2-4-12(5-3-11)14-8-17(25(27,28)29)31-24-18(14)19(20(41-24)21(30)36)32-23(37)16-7-6-13(40-16)9-34-10-15(26)22(33-34)35(38)39/h2-8,10H,9H2,1H3,(H2,30,36)(H,32,37). The summed E-state index contributed by atoms with van der Waals surface area (Å²) in [5, 5.41) is 17.5. The van der Waals surface area contributed by atoms with Gasteiger partial charge >= 0.3 is 12.0 Å². The number of hydrogen-bond acceptors (Lipinski definition) is 8. The highest BCUT2D eigenvalue weighted by Gasteiger charge is 2.35. The second-order valence-corrected chi connectivity index (χ2v) is 10.6. The van der Waals surface area contributed by atoms with Gasteiger partial charge in [0.1, 0.15) is 32.2 Å². The number of aromatic nitrogens is 3. The van der Waals surface area contributed by atoms with Crippen LogP contribution in [0, 0.1) is 17.0 Å². The topological polar surface area (TPSA) is 159 Å². The number of fused-ring (bicyclic) bond motifs is 1. The first-order chi connectivity index (χ1) is 19.3. The van der Waals surface area contributed by atoms with Crippen LogP contribution in [0.25, 0.3) is 21.3 Å². The van der Waals surface area contributed by atoms with Gasteiger partial charge in [-0.2, -0.15) is 17.9 Å². The fraction of sp³-hybridized carbons (Fsp3) is 0.120. The Bertz CT molecular complexity index is 1840. The number of carbonyl (C=O) groups excluding carboxylic acids is 2. The highest BCUT2D eigenvalue weighted by molar-refractivity contribution is 9.10. The monoisotopic (exact) mass is 648 g/mol. The van der Waals surface area contributed by atoms with Gasteiger partial charge in [0.05, 0.1) is 17.0 Å². The van der Waals surface area contributed by atoms with Crippen LogP contribution >= 0.6 is 27.3 Å². The summed E-state index contributed by atoms with van der Waals surface area (Å²) in [4.78, 5) is 39.2. The number of aryl methyl sites for hydroxylation is 1. The number of pyridine rings is 1. The molecule has 210 valence electrons. The molecule has 0 radical (unpaired) electrons. The van der Waals surface area contributed by atoms with Gasteiger partial charge in [0.2, 0.25) is 0 Å². The number of alkyl halides is 3. The summed E-state index contributed by atoms with van der Waals surface area (Å²) in [6.07, 6.45) is -3.41. The number of nitrogens with two attached hydrogens (primary N) is 1. The van der Waals surface area contributed by atoms with Crippen LogP contribution in [0.15, 0.2) is 57.6 Å². The zero-order valence-electron chi connectivity index (χ0n) is 20.7. The molecule has 0 atom stereocenters. The highest BCUT2D eigenvalue weighted by Crippen LogP contribution is 2.44. The summed E-state index contributed by atoms with van der Waals surface area (Å²) in [7, 11) is 0. The number of benzene rings is 1. The van der Waals surface area contributed by atoms with E-state index in [0.29, 0.717) is 16.9 Å². The lowest BCUT2D eigenvalue weighted by molar-refractivity contribution is -0.390. The van der Waals surface area contributed by atoms with Crippen molar-refractivity contribution in [1.29, 1.82) is 0 Å². The molecule has 2 amide bonds. The van der Waals surface area contributed by atoms with E-state index in [1.165, 1.54) is 23.0 Å². The molecule has 5 rings (SSSR count). The number of nitrogens with zero attached hydrogens (tertiary/aromatic N) is 4. The van der Waals surface area contributed by atoms with Crippen LogP contribution in [0.5, 0.6) is 0 Å². The molecule has 0 saturated heterocycles. The van der Waals surface area contributed by atoms with Gasteiger partial charge in [-0.25, -0.2) is 4.98 Å². The summed E-state index contributed by atoms with van der Waals surface area (Å²) in [6.45, 7) is 1.77. The molecule has 0 bridgehead atoms. The molecular formula is C25H16BrF3N6O5S. The average molecular weight is 649 g/mol. The normalized spacial score (nSPS) is 11.6. The van der Waals surface area contributed by atoms with Crippen molar-refractivity contribution in [2.45, 2.75) is 19.6 Å². The van der Waals surface area contributed by atoms with Gasteiger partial charge in [-0.05, 0) is 57.1 Å². The third-order valence-electron chi connectivity index (χ3n) is 5.85. The second-order valence-electron chi connectivity index (χ2n) is 8.74. The molecule has 4 heterocycles. The Hall–Kier alpha value is -4.57. The smallest absolute Gasteiger partial charge is 0.433 e. The minimum Gasteiger partial charge on any atom is -0.454 e. The molecular weight excluding hydrogens is 633 g/mol. The first kappa shape index (κ1) is 28.0. The molecule has 0 unspecified atom stereocenters. The molecule has 4 aromatic heterocycles. The number of thiophene rings is 1. The zero-order valence-corrected chi connectivity index (χ0v) is 23.1. The number of nitro groups is 1. The zero-order chi connectivity index (χ0) is 29.6. The minimum atomic E-state index is -4.77. The number of nitrogens with one attached hydrogen (secondary N) is 1. The van der Waals surface area contributed by atoms with E-state index in [1.54, 1.807) is 24.3 Å². The molecule has 0 aliphatic heterocycles. The molecule has 5 aromatic rings. The van der Waals surface area contributed by atoms with Gasteiger partial charge in [-0.3, -0.25) is 9.59 Å². The number of anilines is 1. The summed E-state index contributed by atoms with van der Waals surface area (Å²) < 4.78 is 48.1. The predicted octanol–water partition coefficient (Wildman–Crippen LogP) is 6.15. The van der Waals surface area contributed by atoms with Crippen LogP contribution in [-0.4, -0.2) is 31.5 Å². The van der Waals surface area contributed by atoms with Gasteiger partial charge in [0.15, 0.2) is 5.76 Å². The van der Waals surface area contributed by atoms with Gasteiger partial charge in [0.25, 0.3) is 11.8 Å². The van der Waals surface area contributed by atoms with E-state index in [4.69, 9.17) is 10.2 Å². The maximum atomic E-state index is 13.7. The lowest BCUT2D eigenvalue weighted by Gasteiger charge is -2.12. The van der Waals surface area contributed by atoms with Crippen molar-refractivity contribution in [3.8, 4) is 11.1 Å². The summed E-state index contributed by atoms with van der Waals surface area (Å²) in [5.41, 5.74) is 5.62. The molecule has 41 heavy (non-hydrogen) atoms. The van der Waals surface area contributed by atoms with Gasteiger partial charge < -0.3 is 25.6 Å². The van der Waals surface area contributed by atoms with Gasteiger partial charge in [0, 0.05) is 5.39 Å². The molecule has 16 heteroatoms. The number of furan rings is 1. The molecule has 0 aliphatic carbocycles. The van der Waals surface area contributed by atoms with E-state index in [9.17, 15) is 32.9 Å². The Morgan fingerprint density at radius 3 is 2.54 bits per heavy atom. The number of hydrogen-bond donors (Lipinski definition) is 2. The summed E-state index contributed by atoms with van der Waals surface area (Å²) in [6, 6.07) is 10.3. The van der Waals surface area contributed by atoms with Crippen molar-refractivity contribution in [2.75, 3.05) is 5.32 Å². The van der Waals surface area contributed by atoms with Crippen LogP contribution in [0.3, 0.4) is 0 Å². The van der Waals surface area contributed by atoms with Crippen LogP contribution in [0.1, 0.15) is 37.2 Å². The van der Waals surface area contributed by atoms with E-state index in [2.05, 4.69) is 31.3 Å². The average Bonchev–Trinajstić information content (AvgIpc) is 3.61. The number of rotatable bonds is 7. The van der Waals surface area contributed by atoms with Gasteiger partial charge in [-0.1, -0.05) is 29.8 Å². The van der Waals surface area contributed by atoms with Crippen molar-refractivity contribution in [3.63, 3.8) is 0 Å². The Balaban J connectivity index is 1.55. The molecule has 0 aliphatic rings. The predicted molar refractivity (Wildman–Crippen MR) is 146 cm³/mol. The first-order valence-electron chi connectivity index (χ1n) is 11.5. The second kappa shape index (κ2) is 10.4. The van der Waals surface area contributed by atoms with Crippen molar-refractivity contribution in [1.82, 2.24) is 14.8 Å². The Labute approximate surface area is 240 Å². The van der Waals surface area contributed by atoms with E-state index in [-0.39, 0.29) is 48.9 Å². The van der Waals surface area contributed by atoms with Crippen molar-refractivity contribution >= 4 is 60.8 Å². The van der Waals surface area contributed by atoms with Crippen LogP contribution in [0.2, 0.25) is 0 Å². The van der Waals surface area contributed by atoms with Crippen LogP contribution in [-0.2, 0) is 12.7 Å². The fourth-order valence-electron chi connectivity index (χ4n) is 4.01. The van der Waals surface area contributed by atoms with Crippen LogP contribution in [0.4, 0.5) is 24.7 Å². The summed E-state index contributed by atoms with van der Waals surface area (Å²) >= 11 is 3.67. The van der Waals surface area contributed by atoms with E-state index in [1.807, 2.05) is 6.92 Å². The Morgan fingerprint density at radius 1 is 1.22 bits per heavy atom. The maximum Gasteiger partial charge on any atom is 0.433 e.